The Balaban J connectivity index is 2.32. The Hall–Kier alpha value is -1.96. The molecule has 0 aliphatic carbocycles. The third kappa shape index (κ3) is 3.75. The summed E-state index contributed by atoms with van der Waals surface area (Å²) in [4.78, 5) is 14.7. The predicted octanol–water partition coefficient (Wildman–Crippen LogP) is 4.34. The number of aryl methyl sites for hydroxylation is 1. The minimum absolute atomic E-state index is 0.255. The van der Waals surface area contributed by atoms with E-state index in [-0.39, 0.29) is 5.91 Å². The standard InChI is InChI=1S/C16H18F3N3OS/c1-4-13-14(24-21-20-13)15(23)22(5-2)10(3)11-7-6-8-12(9-11)16(17,18)19/h6-10H,4-5H2,1-3H3. The molecule has 4 nitrogen and oxygen atoms in total. The van der Waals surface area contributed by atoms with E-state index in [1.165, 1.54) is 11.0 Å². The highest BCUT2D eigenvalue weighted by molar-refractivity contribution is 7.08. The molecule has 1 unspecified atom stereocenters. The van der Waals surface area contributed by atoms with E-state index in [9.17, 15) is 18.0 Å². The van der Waals surface area contributed by atoms with Crippen LogP contribution < -0.4 is 0 Å². The molecule has 0 spiro atoms. The van der Waals surface area contributed by atoms with Gasteiger partial charge in [-0.05, 0) is 49.5 Å². The topological polar surface area (TPSA) is 46.1 Å². The van der Waals surface area contributed by atoms with E-state index in [1.807, 2.05) is 6.92 Å². The van der Waals surface area contributed by atoms with E-state index < -0.39 is 17.8 Å². The second-order valence-electron chi connectivity index (χ2n) is 5.29. The molecule has 1 atom stereocenters. The quantitative estimate of drug-likeness (QED) is 0.799. The van der Waals surface area contributed by atoms with Gasteiger partial charge in [-0.3, -0.25) is 4.79 Å². The number of hydrogen-bond acceptors (Lipinski definition) is 4. The van der Waals surface area contributed by atoms with Gasteiger partial charge in [0.2, 0.25) is 0 Å². The van der Waals surface area contributed by atoms with Crippen LogP contribution in [-0.4, -0.2) is 26.9 Å². The van der Waals surface area contributed by atoms with Gasteiger partial charge < -0.3 is 4.90 Å². The number of halogens is 3. The van der Waals surface area contributed by atoms with Crippen molar-refractivity contribution in [2.45, 2.75) is 39.4 Å². The van der Waals surface area contributed by atoms with Crippen molar-refractivity contribution in [3.8, 4) is 0 Å². The number of rotatable bonds is 5. The molecule has 1 amide bonds. The van der Waals surface area contributed by atoms with Crippen LogP contribution in [0.1, 0.15) is 53.3 Å². The van der Waals surface area contributed by atoms with E-state index in [0.29, 0.717) is 29.1 Å². The average Bonchev–Trinajstić information content (AvgIpc) is 3.03. The van der Waals surface area contributed by atoms with E-state index in [1.54, 1.807) is 19.9 Å². The molecular weight excluding hydrogens is 339 g/mol. The molecule has 2 rings (SSSR count). The maximum atomic E-state index is 12.9. The fraction of sp³-hybridized carbons (Fsp3) is 0.438. The number of alkyl halides is 3. The first-order valence-corrected chi connectivity index (χ1v) is 8.36. The average molecular weight is 357 g/mol. The zero-order valence-corrected chi connectivity index (χ0v) is 14.4. The first-order valence-electron chi connectivity index (χ1n) is 7.58. The molecule has 0 bridgehead atoms. The molecule has 8 heteroatoms. The van der Waals surface area contributed by atoms with Crippen molar-refractivity contribution in [2.75, 3.05) is 6.54 Å². The summed E-state index contributed by atoms with van der Waals surface area (Å²) in [6, 6.07) is 4.58. The Morgan fingerprint density at radius 3 is 2.62 bits per heavy atom. The highest BCUT2D eigenvalue weighted by atomic mass is 32.1. The van der Waals surface area contributed by atoms with Crippen molar-refractivity contribution < 1.29 is 18.0 Å². The van der Waals surface area contributed by atoms with E-state index in [4.69, 9.17) is 0 Å². The van der Waals surface area contributed by atoms with Crippen LogP contribution >= 0.6 is 11.5 Å². The molecule has 1 heterocycles. The highest BCUT2D eigenvalue weighted by Crippen LogP contribution is 2.32. The van der Waals surface area contributed by atoms with Gasteiger partial charge in [0.25, 0.3) is 5.91 Å². The smallest absolute Gasteiger partial charge is 0.331 e. The molecule has 0 radical (unpaired) electrons. The second kappa shape index (κ2) is 7.29. The van der Waals surface area contributed by atoms with Crippen LogP contribution in [0.2, 0.25) is 0 Å². The van der Waals surface area contributed by atoms with Crippen molar-refractivity contribution in [2.24, 2.45) is 0 Å². The van der Waals surface area contributed by atoms with Gasteiger partial charge in [0, 0.05) is 6.54 Å². The van der Waals surface area contributed by atoms with Crippen LogP contribution in [-0.2, 0) is 12.6 Å². The van der Waals surface area contributed by atoms with Crippen molar-refractivity contribution >= 4 is 17.4 Å². The van der Waals surface area contributed by atoms with E-state index >= 15 is 0 Å². The zero-order chi connectivity index (χ0) is 17.9. The largest absolute Gasteiger partial charge is 0.416 e. The van der Waals surface area contributed by atoms with Crippen molar-refractivity contribution in [1.82, 2.24) is 14.5 Å². The molecule has 0 N–H and O–H groups in total. The third-order valence-electron chi connectivity index (χ3n) is 3.85. The Labute approximate surface area is 142 Å². The van der Waals surface area contributed by atoms with Crippen molar-refractivity contribution in [3.63, 3.8) is 0 Å². The SMILES string of the molecule is CCc1nnsc1C(=O)N(CC)C(C)c1cccc(C(F)(F)F)c1. The maximum absolute atomic E-state index is 12.9. The van der Waals surface area contributed by atoms with Crippen LogP contribution in [0.15, 0.2) is 24.3 Å². The summed E-state index contributed by atoms with van der Waals surface area (Å²) in [5.74, 6) is -0.255. The molecule has 1 aromatic heterocycles. The summed E-state index contributed by atoms with van der Waals surface area (Å²) < 4.78 is 42.5. The lowest BCUT2D eigenvalue weighted by atomic mass is 10.0. The van der Waals surface area contributed by atoms with Crippen LogP contribution in [0, 0.1) is 0 Å². The first kappa shape index (κ1) is 18.4. The molecule has 24 heavy (non-hydrogen) atoms. The van der Waals surface area contributed by atoms with E-state index in [2.05, 4.69) is 9.59 Å². The summed E-state index contributed by atoms with van der Waals surface area (Å²) in [5, 5.41) is 3.92. The van der Waals surface area contributed by atoms with Gasteiger partial charge in [-0.1, -0.05) is 23.5 Å². The van der Waals surface area contributed by atoms with Crippen LogP contribution in [0.4, 0.5) is 13.2 Å². The highest BCUT2D eigenvalue weighted by Gasteiger charge is 2.32. The van der Waals surface area contributed by atoms with Gasteiger partial charge in [-0.2, -0.15) is 13.2 Å². The molecular formula is C16H18F3N3OS. The molecule has 0 fully saturated rings. The lowest BCUT2D eigenvalue weighted by Crippen LogP contribution is -2.33. The normalized spacial score (nSPS) is 12.9. The minimum Gasteiger partial charge on any atom is -0.331 e. The number of hydrogen-bond donors (Lipinski definition) is 0. The summed E-state index contributed by atoms with van der Waals surface area (Å²) in [5.41, 5.74) is 0.333. The molecule has 0 saturated heterocycles. The fourth-order valence-electron chi connectivity index (χ4n) is 2.48. The Kier molecular flexibility index (Phi) is 5.58. The summed E-state index contributed by atoms with van der Waals surface area (Å²) in [7, 11) is 0. The van der Waals surface area contributed by atoms with Gasteiger partial charge in [-0.25, -0.2) is 0 Å². The van der Waals surface area contributed by atoms with Crippen molar-refractivity contribution in [3.05, 3.63) is 46.0 Å². The van der Waals surface area contributed by atoms with Gasteiger partial charge in [0.05, 0.1) is 17.3 Å². The fourth-order valence-corrected chi connectivity index (χ4v) is 3.19. The number of nitrogens with zero attached hydrogens (tertiary/aromatic N) is 3. The van der Waals surface area contributed by atoms with Crippen LogP contribution in [0.3, 0.4) is 0 Å². The molecule has 0 aliphatic heterocycles. The van der Waals surface area contributed by atoms with Crippen LogP contribution in [0.25, 0.3) is 0 Å². The maximum Gasteiger partial charge on any atom is 0.416 e. The van der Waals surface area contributed by atoms with Crippen molar-refractivity contribution in [1.29, 1.82) is 0 Å². The second-order valence-corrected chi connectivity index (χ2v) is 6.05. The minimum atomic E-state index is -4.41. The number of aromatic nitrogens is 2. The van der Waals surface area contributed by atoms with Gasteiger partial charge in [-0.15, -0.1) is 5.10 Å². The number of benzene rings is 1. The Bertz CT molecular complexity index is 715. The first-order chi connectivity index (χ1) is 11.3. The number of carbonyl (C=O) groups is 1. The number of carbonyl (C=O) groups excluding carboxylic acids is 1. The number of amides is 1. The van der Waals surface area contributed by atoms with Gasteiger partial charge in [0.15, 0.2) is 0 Å². The third-order valence-corrected chi connectivity index (χ3v) is 4.61. The molecule has 0 saturated carbocycles. The Morgan fingerprint density at radius 2 is 2.04 bits per heavy atom. The summed E-state index contributed by atoms with van der Waals surface area (Å²) in [6.45, 7) is 5.76. The summed E-state index contributed by atoms with van der Waals surface area (Å²) in [6.07, 6.45) is -3.83. The predicted molar refractivity (Wildman–Crippen MR) is 85.9 cm³/mol. The van der Waals surface area contributed by atoms with Gasteiger partial charge >= 0.3 is 6.18 Å². The molecule has 0 aliphatic rings. The molecule has 2 aromatic rings. The zero-order valence-electron chi connectivity index (χ0n) is 13.6. The van der Waals surface area contributed by atoms with Gasteiger partial charge in [0.1, 0.15) is 4.88 Å². The lowest BCUT2D eigenvalue weighted by Gasteiger charge is -2.28. The monoisotopic (exact) mass is 357 g/mol. The van der Waals surface area contributed by atoms with E-state index in [0.717, 1.165) is 23.7 Å². The summed E-state index contributed by atoms with van der Waals surface area (Å²) >= 11 is 1.01. The Morgan fingerprint density at radius 1 is 1.33 bits per heavy atom. The molecule has 1 aromatic carbocycles. The lowest BCUT2D eigenvalue weighted by molar-refractivity contribution is -0.137. The van der Waals surface area contributed by atoms with Crippen LogP contribution in [0.5, 0.6) is 0 Å². The molecule has 130 valence electrons.